The lowest BCUT2D eigenvalue weighted by Gasteiger charge is -1.97. The van der Waals surface area contributed by atoms with Crippen LogP contribution in [0.2, 0.25) is 0 Å². The van der Waals surface area contributed by atoms with Crippen LogP contribution in [-0.2, 0) is 6.54 Å². The first-order chi connectivity index (χ1) is 4.74. The van der Waals surface area contributed by atoms with E-state index in [0.29, 0.717) is 6.54 Å². The third-order valence-electron chi connectivity index (χ3n) is 1.40. The van der Waals surface area contributed by atoms with E-state index in [9.17, 15) is 0 Å². The van der Waals surface area contributed by atoms with Crippen molar-refractivity contribution < 1.29 is 0 Å². The van der Waals surface area contributed by atoms with E-state index in [1.807, 2.05) is 6.92 Å². The van der Waals surface area contributed by atoms with Gasteiger partial charge < -0.3 is 11.5 Å². The van der Waals surface area contributed by atoms with Crippen molar-refractivity contribution in [1.29, 1.82) is 0 Å². The van der Waals surface area contributed by atoms with Crippen molar-refractivity contribution in [2.24, 2.45) is 11.5 Å². The maximum absolute atomic E-state index is 5.65. The zero-order valence-corrected chi connectivity index (χ0v) is 6.82. The van der Waals surface area contributed by atoms with E-state index in [-0.39, 0.29) is 6.04 Å². The zero-order chi connectivity index (χ0) is 7.56. The number of nitrogens with two attached hydrogens (primary N) is 2. The highest BCUT2D eigenvalue weighted by Gasteiger charge is 2.01. The molecule has 1 unspecified atom stereocenters. The van der Waals surface area contributed by atoms with E-state index < -0.39 is 0 Å². The van der Waals surface area contributed by atoms with Crippen LogP contribution in [0.3, 0.4) is 0 Å². The van der Waals surface area contributed by atoms with Gasteiger partial charge in [-0.15, -0.1) is 11.3 Å². The van der Waals surface area contributed by atoms with Gasteiger partial charge in [-0.1, -0.05) is 0 Å². The summed E-state index contributed by atoms with van der Waals surface area (Å²) in [5.74, 6) is 0. The van der Waals surface area contributed by atoms with Gasteiger partial charge in [0.2, 0.25) is 0 Å². The van der Waals surface area contributed by atoms with Gasteiger partial charge in [0.25, 0.3) is 0 Å². The van der Waals surface area contributed by atoms with Gasteiger partial charge in [-0.3, -0.25) is 0 Å². The Morgan fingerprint density at radius 2 is 2.40 bits per heavy atom. The minimum Gasteiger partial charge on any atom is -0.326 e. The minimum atomic E-state index is 0.136. The fraction of sp³-hybridized carbons (Fsp3) is 0.429. The van der Waals surface area contributed by atoms with Crippen LogP contribution in [0.15, 0.2) is 11.4 Å². The third kappa shape index (κ3) is 1.56. The topological polar surface area (TPSA) is 52.0 Å². The van der Waals surface area contributed by atoms with Crippen LogP contribution in [0.1, 0.15) is 23.4 Å². The average Bonchev–Trinajstić information content (AvgIpc) is 2.34. The van der Waals surface area contributed by atoms with Crippen LogP contribution in [0.4, 0.5) is 0 Å². The molecule has 0 saturated carbocycles. The van der Waals surface area contributed by atoms with Gasteiger partial charge in [0.05, 0.1) is 0 Å². The monoisotopic (exact) mass is 156 g/mol. The van der Waals surface area contributed by atoms with E-state index in [1.165, 1.54) is 10.4 Å². The molecule has 10 heavy (non-hydrogen) atoms. The SMILES string of the molecule is CC(N)c1csc(CN)c1. The van der Waals surface area contributed by atoms with Crippen LogP contribution >= 0.6 is 11.3 Å². The molecule has 0 fully saturated rings. The highest BCUT2D eigenvalue weighted by molar-refractivity contribution is 7.10. The predicted octanol–water partition coefficient (Wildman–Crippen LogP) is 1.23. The van der Waals surface area contributed by atoms with Gasteiger partial charge in [-0.25, -0.2) is 0 Å². The van der Waals surface area contributed by atoms with Crippen molar-refractivity contribution in [3.8, 4) is 0 Å². The molecule has 4 N–H and O–H groups in total. The molecule has 1 heterocycles. The normalized spacial score (nSPS) is 13.5. The summed E-state index contributed by atoms with van der Waals surface area (Å²) < 4.78 is 0. The molecular weight excluding hydrogens is 144 g/mol. The molecule has 0 radical (unpaired) electrons. The summed E-state index contributed by atoms with van der Waals surface area (Å²) in [5, 5.41) is 2.06. The molecule has 0 aliphatic rings. The Bertz CT molecular complexity index is 205. The molecule has 0 amide bonds. The Balaban J connectivity index is 2.78. The van der Waals surface area contributed by atoms with Gasteiger partial charge in [0.1, 0.15) is 0 Å². The number of hydrogen-bond donors (Lipinski definition) is 2. The lowest BCUT2D eigenvalue weighted by Crippen LogP contribution is -2.03. The van der Waals surface area contributed by atoms with E-state index in [4.69, 9.17) is 11.5 Å². The summed E-state index contributed by atoms with van der Waals surface area (Å²) in [6, 6.07) is 2.20. The molecule has 0 spiro atoms. The first-order valence-corrected chi connectivity index (χ1v) is 4.15. The summed E-state index contributed by atoms with van der Waals surface area (Å²) >= 11 is 1.67. The van der Waals surface area contributed by atoms with E-state index in [2.05, 4.69) is 11.4 Å². The van der Waals surface area contributed by atoms with Crippen LogP contribution in [0.25, 0.3) is 0 Å². The van der Waals surface area contributed by atoms with Crippen molar-refractivity contribution >= 4 is 11.3 Å². The molecule has 1 aromatic heterocycles. The second kappa shape index (κ2) is 3.14. The second-order valence-corrected chi connectivity index (χ2v) is 3.33. The van der Waals surface area contributed by atoms with Crippen LogP contribution in [0, 0.1) is 0 Å². The number of thiophene rings is 1. The summed E-state index contributed by atoms with van der Waals surface area (Å²) in [7, 11) is 0. The highest BCUT2D eigenvalue weighted by Crippen LogP contribution is 2.18. The predicted molar refractivity (Wildman–Crippen MR) is 44.8 cm³/mol. The summed E-state index contributed by atoms with van der Waals surface area (Å²) in [4.78, 5) is 1.20. The molecule has 1 atom stereocenters. The van der Waals surface area contributed by atoms with Gasteiger partial charge in [-0.05, 0) is 23.9 Å². The summed E-state index contributed by atoms with van der Waals surface area (Å²) in [6.07, 6.45) is 0. The maximum atomic E-state index is 5.65. The molecule has 3 heteroatoms. The zero-order valence-electron chi connectivity index (χ0n) is 6.00. The number of hydrogen-bond acceptors (Lipinski definition) is 3. The molecule has 0 saturated heterocycles. The van der Waals surface area contributed by atoms with Gasteiger partial charge in [0.15, 0.2) is 0 Å². The molecule has 0 aliphatic carbocycles. The fourth-order valence-corrected chi connectivity index (χ4v) is 1.61. The summed E-state index contributed by atoms with van der Waals surface area (Å²) in [6.45, 7) is 2.60. The average molecular weight is 156 g/mol. The first kappa shape index (κ1) is 7.72. The largest absolute Gasteiger partial charge is 0.326 e. The van der Waals surface area contributed by atoms with Crippen molar-refractivity contribution in [2.45, 2.75) is 19.5 Å². The van der Waals surface area contributed by atoms with Gasteiger partial charge in [0, 0.05) is 17.5 Å². The van der Waals surface area contributed by atoms with Crippen LogP contribution < -0.4 is 11.5 Å². The maximum Gasteiger partial charge on any atom is 0.0274 e. The Hall–Kier alpha value is -0.380. The van der Waals surface area contributed by atoms with Crippen LogP contribution in [0.5, 0.6) is 0 Å². The van der Waals surface area contributed by atoms with Crippen LogP contribution in [-0.4, -0.2) is 0 Å². The lowest BCUT2D eigenvalue weighted by molar-refractivity contribution is 0.821. The molecule has 2 nitrogen and oxygen atoms in total. The van der Waals surface area contributed by atoms with Gasteiger partial charge >= 0.3 is 0 Å². The Kier molecular flexibility index (Phi) is 2.43. The van der Waals surface area contributed by atoms with Crippen molar-refractivity contribution in [2.75, 3.05) is 0 Å². The molecule has 56 valence electrons. The first-order valence-electron chi connectivity index (χ1n) is 3.27. The summed E-state index contributed by atoms with van der Waals surface area (Å²) in [5.41, 5.74) is 12.3. The number of rotatable bonds is 2. The smallest absolute Gasteiger partial charge is 0.0274 e. The Morgan fingerprint density at radius 3 is 2.70 bits per heavy atom. The molecular formula is C7H12N2S. The Labute approximate surface area is 64.8 Å². The molecule has 1 aromatic rings. The fourth-order valence-electron chi connectivity index (χ4n) is 0.743. The molecule has 0 aromatic carbocycles. The van der Waals surface area contributed by atoms with Crippen molar-refractivity contribution in [3.05, 3.63) is 21.9 Å². The van der Waals surface area contributed by atoms with E-state index in [0.717, 1.165) is 0 Å². The lowest BCUT2D eigenvalue weighted by atomic mass is 10.2. The quantitative estimate of drug-likeness (QED) is 0.676. The van der Waals surface area contributed by atoms with E-state index >= 15 is 0 Å². The minimum absolute atomic E-state index is 0.136. The Morgan fingerprint density at radius 1 is 1.70 bits per heavy atom. The second-order valence-electron chi connectivity index (χ2n) is 2.34. The van der Waals surface area contributed by atoms with Crippen molar-refractivity contribution in [1.82, 2.24) is 0 Å². The molecule has 0 aliphatic heterocycles. The van der Waals surface area contributed by atoms with Gasteiger partial charge in [-0.2, -0.15) is 0 Å². The standard InChI is InChI=1S/C7H12N2S/c1-5(9)6-2-7(3-8)10-4-6/h2,4-5H,3,8-9H2,1H3. The molecule has 1 rings (SSSR count). The van der Waals surface area contributed by atoms with E-state index in [1.54, 1.807) is 11.3 Å². The molecule has 0 bridgehead atoms. The van der Waals surface area contributed by atoms with Crippen molar-refractivity contribution in [3.63, 3.8) is 0 Å². The highest BCUT2D eigenvalue weighted by atomic mass is 32.1. The third-order valence-corrected chi connectivity index (χ3v) is 2.38.